The van der Waals surface area contributed by atoms with Gasteiger partial charge in [-0.25, -0.2) is 0 Å². The quantitative estimate of drug-likeness (QED) is 0.683. The number of hydrogen-bond acceptors (Lipinski definition) is 6. The van der Waals surface area contributed by atoms with Gasteiger partial charge < -0.3 is 20.1 Å². The van der Waals surface area contributed by atoms with E-state index in [0.29, 0.717) is 51.4 Å². The van der Waals surface area contributed by atoms with E-state index < -0.39 is 5.60 Å². The van der Waals surface area contributed by atoms with Crippen molar-refractivity contribution in [2.45, 2.75) is 25.4 Å². The van der Waals surface area contributed by atoms with Crippen LogP contribution in [0.2, 0.25) is 0 Å². The molecule has 1 saturated heterocycles. The van der Waals surface area contributed by atoms with Crippen molar-refractivity contribution < 1.29 is 19.1 Å². The van der Waals surface area contributed by atoms with Gasteiger partial charge in [-0.3, -0.25) is 19.2 Å². The summed E-state index contributed by atoms with van der Waals surface area (Å²) in [6, 6.07) is 7.92. The monoisotopic (exact) mass is 453 g/mol. The predicted octanol–water partition coefficient (Wildman–Crippen LogP) is 1.44. The Kier molecular flexibility index (Phi) is 7.10. The lowest BCUT2D eigenvalue weighted by Crippen LogP contribution is -2.60. The van der Waals surface area contributed by atoms with E-state index in [1.54, 1.807) is 10.9 Å². The Labute approximate surface area is 193 Å². The molecule has 2 N–H and O–H groups in total. The van der Waals surface area contributed by atoms with Crippen LogP contribution in [0.25, 0.3) is 0 Å². The molecule has 1 fully saturated rings. The predicted molar refractivity (Wildman–Crippen MR) is 124 cm³/mol. The third-order valence-corrected chi connectivity index (χ3v) is 6.13. The van der Waals surface area contributed by atoms with Crippen molar-refractivity contribution in [1.82, 2.24) is 20.0 Å². The van der Waals surface area contributed by atoms with Gasteiger partial charge >= 0.3 is 0 Å². The van der Waals surface area contributed by atoms with Crippen molar-refractivity contribution in [3.63, 3.8) is 0 Å². The molecule has 176 valence electrons. The van der Waals surface area contributed by atoms with Gasteiger partial charge in [-0.05, 0) is 25.0 Å². The van der Waals surface area contributed by atoms with Crippen LogP contribution in [0.4, 0.5) is 5.69 Å². The highest BCUT2D eigenvalue weighted by atomic mass is 16.5. The van der Waals surface area contributed by atoms with Crippen LogP contribution < -0.4 is 15.4 Å². The van der Waals surface area contributed by atoms with Gasteiger partial charge in [0.05, 0.1) is 37.3 Å². The maximum absolute atomic E-state index is 13.2. The highest BCUT2D eigenvalue weighted by molar-refractivity contribution is 5.93. The summed E-state index contributed by atoms with van der Waals surface area (Å²) in [4.78, 5) is 27.8. The third-order valence-electron chi connectivity index (χ3n) is 6.13. The molecule has 2 aliphatic heterocycles. The number of morpholine rings is 1. The van der Waals surface area contributed by atoms with Gasteiger partial charge in [0.2, 0.25) is 5.91 Å². The molecule has 1 aromatic heterocycles. The SMILES string of the molecule is Cc1c(NC(=O)CN2CCOC3(C/C=C/Cc4ccccc4OCCNC3=O)C2)cnn1C. The number of anilines is 1. The summed E-state index contributed by atoms with van der Waals surface area (Å²) in [5, 5.41) is 10.0. The van der Waals surface area contributed by atoms with Crippen LogP contribution in [0.3, 0.4) is 0 Å². The molecular weight excluding hydrogens is 422 g/mol. The average molecular weight is 454 g/mol. The van der Waals surface area contributed by atoms with Crippen LogP contribution in [0, 0.1) is 6.92 Å². The second kappa shape index (κ2) is 10.2. The maximum Gasteiger partial charge on any atom is 0.254 e. The molecule has 33 heavy (non-hydrogen) atoms. The van der Waals surface area contributed by atoms with Gasteiger partial charge in [-0.1, -0.05) is 30.4 Å². The molecule has 2 aliphatic rings. The lowest BCUT2D eigenvalue weighted by molar-refractivity contribution is -0.160. The smallest absolute Gasteiger partial charge is 0.254 e. The lowest BCUT2D eigenvalue weighted by atomic mass is 9.94. The molecule has 0 aliphatic carbocycles. The molecule has 1 spiro atoms. The molecule has 3 heterocycles. The lowest BCUT2D eigenvalue weighted by Gasteiger charge is -2.41. The van der Waals surface area contributed by atoms with Crippen LogP contribution in [0.1, 0.15) is 17.7 Å². The Morgan fingerprint density at radius 2 is 2.12 bits per heavy atom. The second-order valence-corrected chi connectivity index (χ2v) is 8.46. The normalized spacial score (nSPS) is 22.9. The molecule has 1 aromatic carbocycles. The zero-order chi connectivity index (χ0) is 23.3. The van der Waals surface area contributed by atoms with Crippen LogP contribution in [0.5, 0.6) is 5.75 Å². The van der Waals surface area contributed by atoms with Crippen LogP contribution in [-0.2, 0) is 27.8 Å². The van der Waals surface area contributed by atoms with Gasteiger partial charge in [0.1, 0.15) is 12.4 Å². The van der Waals surface area contributed by atoms with Crippen molar-refractivity contribution in [2.24, 2.45) is 7.05 Å². The van der Waals surface area contributed by atoms with Crippen molar-refractivity contribution in [1.29, 1.82) is 0 Å². The minimum Gasteiger partial charge on any atom is -0.491 e. The van der Waals surface area contributed by atoms with Gasteiger partial charge in [-0.2, -0.15) is 5.10 Å². The summed E-state index contributed by atoms with van der Waals surface area (Å²) < 4.78 is 13.6. The van der Waals surface area contributed by atoms with Gasteiger partial charge in [0.15, 0.2) is 5.60 Å². The number of hydrogen-bond donors (Lipinski definition) is 2. The largest absolute Gasteiger partial charge is 0.491 e. The second-order valence-electron chi connectivity index (χ2n) is 8.46. The Bertz CT molecular complexity index is 1030. The molecule has 2 amide bonds. The van der Waals surface area contributed by atoms with Gasteiger partial charge in [-0.15, -0.1) is 0 Å². The van der Waals surface area contributed by atoms with E-state index in [1.165, 1.54) is 0 Å². The first kappa shape index (κ1) is 23.0. The van der Waals surface area contributed by atoms with Crippen LogP contribution in [0.15, 0.2) is 42.6 Å². The Balaban J connectivity index is 1.44. The van der Waals surface area contributed by atoms with Crippen LogP contribution >= 0.6 is 0 Å². The molecule has 2 aromatic rings. The standard InChI is InChI=1S/C24H31N5O4/c1-18-20(15-26-28(18)2)27-22(30)16-29-12-14-33-24(17-29)10-6-5-8-19-7-3-4-9-21(19)32-13-11-25-23(24)31/h3-7,9,15H,8,10-14,16-17H2,1-2H3,(H,25,31)(H,27,30)/b6-5+. The zero-order valence-corrected chi connectivity index (χ0v) is 19.2. The van der Waals surface area contributed by atoms with Crippen molar-refractivity contribution in [3.8, 4) is 5.75 Å². The topological polar surface area (TPSA) is 97.7 Å². The number of rotatable bonds is 3. The zero-order valence-electron chi connectivity index (χ0n) is 19.2. The van der Waals surface area contributed by atoms with E-state index in [2.05, 4.69) is 15.7 Å². The number of para-hydroxylation sites is 1. The summed E-state index contributed by atoms with van der Waals surface area (Å²) in [5.41, 5.74) is 1.63. The van der Waals surface area contributed by atoms with Crippen molar-refractivity contribution in [3.05, 3.63) is 53.9 Å². The summed E-state index contributed by atoms with van der Waals surface area (Å²) in [6.45, 7) is 4.11. The summed E-state index contributed by atoms with van der Waals surface area (Å²) in [6.07, 6.45) is 6.81. The fraction of sp³-hybridized carbons (Fsp3) is 0.458. The number of nitrogens with zero attached hydrogens (tertiary/aromatic N) is 3. The Morgan fingerprint density at radius 1 is 1.27 bits per heavy atom. The van der Waals surface area contributed by atoms with E-state index in [-0.39, 0.29) is 18.4 Å². The van der Waals surface area contributed by atoms with E-state index in [1.807, 2.05) is 55.3 Å². The number of aryl methyl sites for hydroxylation is 1. The molecule has 1 atom stereocenters. The molecule has 0 bridgehead atoms. The average Bonchev–Trinajstić information content (AvgIpc) is 3.11. The summed E-state index contributed by atoms with van der Waals surface area (Å²) >= 11 is 0. The van der Waals surface area contributed by atoms with Crippen molar-refractivity contribution in [2.75, 3.05) is 44.7 Å². The molecule has 4 rings (SSSR count). The minimum absolute atomic E-state index is 0.141. The minimum atomic E-state index is -1.04. The summed E-state index contributed by atoms with van der Waals surface area (Å²) in [5.74, 6) is 0.511. The Hall–Kier alpha value is -3.17. The fourth-order valence-corrected chi connectivity index (χ4v) is 4.14. The first-order chi connectivity index (χ1) is 16.0. The highest BCUT2D eigenvalue weighted by Gasteiger charge is 2.43. The number of nitrogens with one attached hydrogen (secondary N) is 2. The van der Waals surface area contributed by atoms with Crippen molar-refractivity contribution >= 4 is 17.5 Å². The summed E-state index contributed by atoms with van der Waals surface area (Å²) in [7, 11) is 1.83. The third kappa shape index (κ3) is 5.43. The van der Waals surface area contributed by atoms with E-state index >= 15 is 0 Å². The fourth-order valence-electron chi connectivity index (χ4n) is 4.14. The maximum atomic E-state index is 13.2. The number of carbonyl (C=O) groups is 2. The molecular formula is C24H31N5O4. The number of allylic oxidation sites excluding steroid dienone is 1. The van der Waals surface area contributed by atoms with E-state index in [9.17, 15) is 9.59 Å². The van der Waals surface area contributed by atoms with Gasteiger partial charge in [0, 0.05) is 26.6 Å². The number of ether oxygens (including phenoxy) is 2. The Morgan fingerprint density at radius 3 is 2.94 bits per heavy atom. The molecule has 0 saturated carbocycles. The highest BCUT2D eigenvalue weighted by Crippen LogP contribution is 2.25. The van der Waals surface area contributed by atoms with E-state index in [4.69, 9.17) is 9.47 Å². The number of benzene rings is 1. The van der Waals surface area contributed by atoms with E-state index in [0.717, 1.165) is 17.0 Å². The first-order valence-electron chi connectivity index (χ1n) is 11.3. The molecule has 1 unspecified atom stereocenters. The molecule has 0 radical (unpaired) electrons. The number of carbonyl (C=O) groups excluding carboxylic acids is 2. The number of fused-ring (bicyclic) bond motifs is 1. The molecule has 9 nitrogen and oxygen atoms in total. The molecule has 9 heteroatoms. The van der Waals surface area contributed by atoms with Crippen LogP contribution in [-0.4, -0.2) is 71.5 Å². The number of amides is 2. The van der Waals surface area contributed by atoms with Gasteiger partial charge in [0.25, 0.3) is 5.91 Å². The number of aromatic nitrogens is 2. The first-order valence-corrected chi connectivity index (χ1v) is 11.3.